The fraction of sp³-hybridized carbons (Fsp3) is 0.0769. The maximum Gasteiger partial charge on any atom is 0.282 e. The number of benzene rings is 3. The lowest BCUT2D eigenvalue weighted by Gasteiger charge is -2.17. The molecule has 1 aromatic heterocycles. The van der Waals surface area contributed by atoms with E-state index in [1.807, 2.05) is 66.7 Å². The van der Waals surface area contributed by atoms with Crippen molar-refractivity contribution in [3.8, 4) is 11.5 Å². The minimum Gasteiger partial charge on any atom is -0.497 e. The predicted octanol–water partition coefficient (Wildman–Crippen LogP) is 6.41. The standard InChI is InChI=1S/C26H19ClN2O3S/c1-31-18-13-12-16(21(15-18)32-2)14-20-26(30)29(17-8-4-3-5-9-17)25(28-20)24-23(27)19-10-6-7-11-22(19)33-24/h3-15H,1-2H3/b20-14+. The van der Waals surface area contributed by atoms with Crippen LogP contribution in [0.3, 0.4) is 0 Å². The summed E-state index contributed by atoms with van der Waals surface area (Å²) in [5.74, 6) is 1.53. The number of aliphatic imine (C=N–C) groups is 1. The van der Waals surface area contributed by atoms with E-state index in [0.29, 0.717) is 28.1 Å². The van der Waals surface area contributed by atoms with Crippen LogP contribution in [0.1, 0.15) is 10.4 Å². The third-order valence-electron chi connectivity index (χ3n) is 5.35. The molecule has 1 amide bonds. The van der Waals surface area contributed by atoms with Crippen molar-refractivity contribution in [3.63, 3.8) is 0 Å². The van der Waals surface area contributed by atoms with Crippen LogP contribution in [0.25, 0.3) is 16.2 Å². The van der Waals surface area contributed by atoms with Crippen molar-refractivity contribution in [2.75, 3.05) is 19.1 Å². The molecule has 7 heteroatoms. The van der Waals surface area contributed by atoms with Gasteiger partial charge in [0.05, 0.1) is 29.8 Å². The van der Waals surface area contributed by atoms with E-state index in [0.717, 1.165) is 26.2 Å². The van der Waals surface area contributed by atoms with Gasteiger partial charge in [0, 0.05) is 21.7 Å². The molecule has 3 aromatic carbocycles. The molecule has 0 saturated heterocycles. The summed E-state index contributed by atoms with van der Waals surface area (Å²) in [7, 11) is 3.17. The molecule has 0 radical (unpaired) electrons. The van der Waals surface area contributed by atoms with Crippen molar-refractivity contribution < 1.29 is 14.3 Å². The number of carbonyl (C=O) groups is 1. The van der Waals surface area contributed by atoms with Gasteiger partial charge in [-0.2, -0.15) is 0 Å². The van der Waals surface area contributed by atoms with Crippen LogP contribution in [0.15, 0.2) is 83.5 Å². The highest BCUT2D eigenvalue weighted by atomic mass is 35.5. The van der Waals surface area contributed by atoms with Crippen molar-refractivity contribution in [1.82, 2.24) is 0 Å². The van der Waals surface area contributed by atoms with Crippen molar-refractivity contribution >= 4 is 56.5 Å². The summed E-state index contributed by atoms with van der Waals surface area (Å²) in [6, 6.07) is 22.8. The minimum atomic E-state index is -0.234. The Morgan fingerprint density at radius 2 is 1.73 bits per heavy atom. The molecular weight excluding hydrogens is 456 g/mol. The molecule has 0 atom stereocenters. The van der Waals surface area contributed by atoms with Crippen molar-refractivity contribution in [2.45, 2.75) is 0 Å². The van der Waals surface area contributed by atoms with Gasteiger partial charge < -0.3 is 9.47 Å². The van der Waals surface area contributed by atoms with Gasteiger partial charge in [-0.15, -0.1) is 11.3 Å². The van der Waals surface area contributed by atoms with E-state index in [9.17, 15) is 4.79 Å². The second-order valence-electron chi connectivity index (χ2n) is 7.29. The molecule has 0 spiro atoms. The third kappa shape index (κ3) is 3.77. The van der Waals surface area contributed by atoms with Gasteiger partial charge in [-0.3, -0.25) is 9.69 Å². The summed E-state index contributed by atoms with van der Waals surface area (Å²) < 4.78 is 11.8. The molecule has 0 saturated carbocycles. The van der Waals surface area contributed by atoms with E-state index in [4.69, 9.17) is 26.1 Å². The molecule has 2 heterocycles. The molecule has 1 aliphatic heterocycles. The third-order valence-corrected chi connectivity index (χ3v) is 7.02. The van der Waals surface area contributed by atoms with Gasteiger partial charge >= 0.3 is 0 Å². The first-order chi connectivity index (χ1) is 16.1. The monoisotopic (exact) mass is 474 g/mol. The molecular formula is C26H19ClN2O3S. The Hall–Kier alpha value is -3.61. The maximum absolute atomic E-state index is 13.6. The maximum atomic E-state index is 13.6. The van der Waals surface area contributed by atoms with Crippen LogP contribution in [-0.4, -0.2) is 26.0 Å². The summed E-state index contributed by atoms with van der Waals surface area (Å²) in [6.07, 6.45) is 1.73. The normalized spacial score (nSPS) is 14.8. The second kappa shape index (κ2) is 8.73. The first-order valence-electron chi connectivity index (χ1n) is 10.2. The summed E-state index contributed by atoms with van der Waals surface area (Å²) >= 11 is 8.28. The van der Waals surface area contributed by atoms with Gasteiger partial charge in [0.15, 0.2) is 5.84 Å². The van der Waals surface area contributed by atoms with Crippen LogP contribution in [0.5, 0.6) is 11.5 Å². The molecule has 0 bridgehead atoms. The lowest BCUT2D eigenvalue weighted by molar-refractivity contribution is -0.113. The van der Waals surface area contributed by atoms with Crippen LogP contribution in [0.4, 0.5) is 5.69 Å². The number of amidine groups is 1. The zero-order valence-corrected chi connectivity index (χ0v) is 19.5. The summed E-state index contributed by atoms with van der Waals surface area (Å²) in [4.78, 5) is 20.7. The Labute approximate surface area is 200 Å². The van der Waals surface area contributed by atoms with E-state index in [-0.39, 0.29) is 5.91 Å². The number of rotatable bonds is 5. The molecule has 4 aromatic rings. The van der Waals surface area contributed by atoms with E-state index in [1.54, 1.807) is 31.3 Å². The number of methoxy groups -OCH3 is 2. The Bertz CT molecular complexity index is 1430. The first-order valence-corrected chi connectivity index (χ1v) is 11.4. The summed E-state index contributed by atoms with van der Waals surface area (Å²) in [6.45, 7) is 0. The Kier molecular flexibility index (Phi) is 5.62. The molecule has 1 aliphatic rings. The molecule has 164 valence electrons. The molecule has 5 nitrogen and oxygen atoms in total. The van der Waals surface area contributed by atoms with Gasteiger partial charge in [0.1, 0.15) is 17.2 Å². The van der Waals surface area contributed by atoms with E-state index in [1.165, 1.54) is 11.3 Å². The highest BCUT2D eigenvalue weighted by Gasteiger charge is 2.35. The average molecular weight is 475 g/mol. The molecule has 0 N–H and O–H groups in total. The minimum absolute atomic E-state index is 0.234. The topological polar surface area (TPSA) is 51.1 Å². The number of ether oxygens (including phenoxy) is 2. The smallest absolute Gasteiger partial charge is 0.282 e. The van der Waals surface area contributed by atoms with Crippen LogP contribution in [0, 0.1) is 0 Å². The van der Waals surface area contributed by atoms with Crippen molar-refractivity contribution in [1.29, 1.82) is 0 Å². The number of amides is 1. The van der Waals surface area contributed by atoms with Gasteiger partial charge in [0.25, 0.3) is 5.91 Å². The lowest BCUT2D eigenvalue weighted by atomic mass is 10.1. The number of para-hydroxylation sites is 1. The number of hydrogen-bond donors (Lipinski definition) is 0. The molecule has 0 unspecified atom stereocenters. The van der Waals surface area contributed by atoms with Crippen LogP contribution in [-0.2, 0) is 4.79 Å². The average Bonchev–Trinajstić information content (AvgIpc) is 3.36. The van der Waals surface area contributed by atoms with Crippen LogP contribution < -0.4 is 14.4 Å². The largest absolute Gasteiger partial charge is 0.497 e. The molecule has 0 fully saturated rings. The van der Waals surface area contributed by atoms with Crippen molar-refractivity contribution in [2.24, 2.45) is 4.99 Å². The van der Waals surface area contributed by atoms with Crippen molar-refractivity contribution in [3.05, 3.63) is 94.0 Å². The Morgan fingerprint density at radius 3 is 2.45 bits per heavy atom. The zero-order chi connectivity index (χ0) is 22.9. The predicted molar refractivity (Wildman–Crippen MR) is 135 cm³/mol. The number of halogens is 1. The molecule has 5 rings (SSSR count). The van der Waals surface area contributed by atoms with Gasteiger partial charge in [-0.25, -0.2) is 4.99 Å². The van der Waals surface area contributed by atoms with E-state index < -0.39 is 0 Å². The molecule has 33 heavy (non-hydrogen) atoms. The quantitative estimate of drug-likeness (QED) is 0.314. The summed E-state index contributed by atoms with van der Waals surface area (Å²) in [5.41, 5.74) is 1.74. The number of hydrogen-bond acceptors (Lipinski definition) is 5. The van der Waals surface area contributed by atoms with Crippen LogP contribution in [0.2, 0.25) is 5.02 Å². The Balaban J connectivity index is 1.68. The number of anilines is 1. The van der Waals surface area contributed by atoms with E-state index >= 15 is 0 Å². The number of fused-ring (bicyclic) bond motifs is 1. The van der Waals surface area contributed by atoms with E-state index in [2.05, 4.69) is 0 Å². The fourth-order valence-electron chi connectivity index (χ4n) is 3.73. The van der Waals surface area contributed by atoms with Gasteiger partial charge in [0.2, 0.25) is 0 Å². The SMILES string of the molecule is COc1ccc(/C=C2/N=C(c3sc4ccccc4c3Cl)N(c3ccccc3)C2=O)c(OC)c1. The summed E-state index contributed by atoms with van der Waals surface area (Å²) in [5, 5.41) is 1.53. The number of nitrogens with zero attached hydrogens (tertiary/aromatic N) is 2. The number of thiophene rings is 1. The number of carbonyl (C=O) groups excluding carboxylic acids is 1. The van der Waals surface area contributed by atoms with Crippen LogP contribution >= 0.6 is 22.9 Å². The highest BCUT2D eigenvalue weighted by molar-refractivity contribution is 7.21. The fourth-order valence-corrected chi connectivity index (χ4v) is 5.22. The second-order valence-corrected chi connectivity index (χ2v) is 8.72. The first kappa shape index (κ1) is 21.2. The zero-order valence-electron chi connectivity index (χ0n) is 17.9. The van der Waals surface area contributed by atoms with Gasteiger partial charge in [-0.05, 0) is 36.4 Å². The highest BCUT2D eigenvalue weighted by Crippen LogP contribution is 2.39. The Morgan fingerprint density at radius 1 is 0.970 bits per heavy atom. The lowest BCUT2D eigenvalue weighted by Crippen LogP contribution is -2.32. The molecule has 0 aliphatic carbocycles. The van der Waals surface area contributed by atoms with Gasteiger partial charge in [-0.1, -0.05) is 48.0 Å².